The number of anilines is 1. The molecule has 1 N–H and O–H groups in total. The van der Waals surface area contributed by atoms with Gasteiger partial charge in [-0.05, 0) is 49.8 Å². The van der Waals surface area contributed by atoms with E-state index in [2.05, 4.69) is 5.32 Å². The number of ether oxygens (including phenoxy) is 2. The minimum atomic E-state index is -4.57. The highest BCUT2D eigenvalue weighted by Gasteiger charge is 2.34. The van der Waals surface area contributed by atoms with Gasteiger partial charge in [-0.15, -0.1) is 0 Å². The zero-order chi connectivity index (χ0) is 20.7. The lowest BCUT2D eigenvalue weighted by Crippen LogP contribution is -2.31. The maximum Gasteiger partial charge on any atom is 0.417 e. The van der Waals surface area contributed by atoms with Crippen LogP contribution in [-0.2, 0) is 20.4 Å². The molecule has 0 heterocycles. The molecule has 1 aliphatic rings. The van der Waals surface area contributed by atoms with Gasteiger partial charge in [0.15, 0.2) is 0 Å². The van der Waals surface area contributed by atoms with Crippen molar-refractivity contribution in [1.29, 1.82) is 5.26 Å². The molecule has 1 aromatic carbocycles. The van der Waals surface area contributed by atoms with Gasteiger partial charge in [0.05, 0.1) is 29.9 Å². The number of esters is 1. The first-order valence-corrected chi connectivity index (χ1v) is 9.34. The number of alkyl halides is 3. The first kappa shape index (κ1) is 22.0. The zero-order valence-electron chi connectivity index (χ0n) is 16.0. The van der Waals surface area contributed by atoms with Crippen molar-refractivity contribution < 1.29 is 27.4 Å². The fourth-order valence-electron chi connectivity index (χ4n) is 3.06. The molecule has 1 aliphatic carbocycles. The molecule has 0 radical (unpaired) electrons. The van der Waals surface area contributed by atoms with Crippen LogP contribution in [0.15, 0.2) is 18.2 Å². The number of carbonyl (C=O) groups is 1. The normalized spacial score (nSPS) is 19.9. The molecule has 0 saturated heterocycles. The Morgan fingerprint density at radius 3 is 2.54 bits per heavy atom. The molecule has 0 aromatic heterocycles. The molecule has 28 heavy (non-hydrogen) atoms. The highest BCUT2D eigenvalue weighted by atomic mass is 19.4. The molecule has 0 amide bonds. The van der Waals surface area contributed by atoms with Crippen LogP contribution in [0.4, 0.5) is 18.9 Å². The fraction of sp³-hybridized carbons (Fsp3) is 0.600. The smallest absolute Gasteiger partial charge is 0.417 e. The lowest BCUT2D eigenvalue weighted by atomic mass is 9.92. The third kappa shape index (κ3) is 6.71. The van der Waals surface area contributed by atoms with Gasteiger partial charge in [0.25, 0.3) is 0 Å². The molecule has 8 heteroatoms. The van der Waals surface area contributed by atoms with Gasteiger partial charge in [-0.1, -0.05) is 13.8 Å². The molecule has 5 nitrogen and oxygen atoms in total. The van der Waals surface area contributed by atoms with Gasteiger partial charge in [-0.25, -0.2) is 4.79 Å². The Labute approximate surface area is 162 Å². The quantitative estimate of drug-likeness (QED) is 0.684. The summed E-state index contributed by atoms with van der Waals surface area (Å²) in [6.07, 6.45) is -1.79. The van der Waals surface area contributed by atoms with Gasteiger partial charge < -0.3 is 14.8 Å². The molecule has 0 atom stereocenters. The number of hydrogen-bond acceptors (Lipinski definition) is 5. The minimum absolute atomic E-state index is 0.0155. The van der Waals surface area contributed by atoms with Crippen LogP contribution in [0.25, 0.3) is 0 Å². The van der Waals surface area contributed by atoms with E-state index in [1.54, 1.807) is 6.07 Å². The Morgan fingerprint density at radius 2 is 1.96 bits per heavy atom. The van der Waals surface area contributed by atoms with E-state index in [4.69, 9.17) is 14.7 Å². The van der Waals surface area contributed by atoms with Crippen LogP contribution in [-0.4, -0.2) is 31.3 Å². The molecular weight excluding hydrogens is 373 g/mol. The van der Waals surface area contributed by atoms with Crippen molar-refractivity contribution in [3.63, 3.8) is 0 Å². The van der Waals surface area contributed by atoms with Crippen LogP contribution in [0, 0.1) is 17.2 Å². The van der Waals surface area contributed by atoms with Gasteiger partial charge >= 0.3 is 12.1 Å². The number of halogens is 3. The van der Waals surface area contributed by atoms with Gasteiger partial charge in [0, 0.05) is 11.7 Å². The standard InChI is InChI=1S/C20H25F3N2O3/c1-13(2)11-28-19(26)12-27-17-7-5-15(6-8-17)25-16-4-3-14(10-24)18(9-16)20(21,22)23/h3-4,9,13,15,17,25H,5-8,11-12H2,1-2H3. The second-order valence-electron chi connectivity index (χ2n) is 7.38. The predicted octanol–water partition coefficient (Wildman–Crippen LogP) is 4.52. The second kappa shape index (κ2) is 9.78. The van der Waals surface area contributed by atoms with E-state index in [9.17, 15) is 18.0 Å². The number of rotatable bonds is 7. The van der Waals surface area contributed by atoms with Crippen molar-refractivity contribution in [2.75, 3.05) is 18.5 Å². The molecule has 154 valence electrons. The van der Waals surface area contributed by atoms with E-state index in [1.807, 2.05) is 13.8 Å². The maximum atomic E-state index is 13.1. The number of nitrogens with zero attached hydrogens (tertiary/aromatic N) is 1. The largest absolute Gasteiger partial charge is 0.464 e. The number of hydrogen-bond donors (Lipinski definition) is 1. The Balaban J connectivity index is 1.81. The zero-order valence-corrected chi connectivity index (χ0v) is 16.0. The number of benzene rings is 1. The van der Waals surface area contributed by atoms with Crippen LogP contribution in [0.2, 0.25) is 0 Å². The van der Waals surface area contributed by atoms with E-state index in [0.717, 1.165) is 6.07 Å². The van der Waals surface area contributed by atoms with Crippen LogP contribution < -0.4 is 5.32 Å². The summed E-state index contributed by atoms with van der Waals surface area (Å²) in [5.74, 6) is -0.114. The molecule has 0 unspecified atom stereocenters. The summed E-state index contributed by atoms with van der Waals surface area (Å²) in [6, 6.07) is 5.24. The summed E-state index contributed by atoms with van der Waals surface area (Å²) >= 11 is 0. The maximum absolute atomic E-state index is 13.1. The average molecular weight is 398 g/mol. The summed E-state index contributed by atoms with van der Waals surface area (Å²) in [4.78, 5) is 11.6. The molecule has 1 saturated carbocycles. The summed E-state index contributed by atoms with van der Waals surface area (Å²) in [6.45, 7) is 4.19. The highest BCUT2D eigenvalue weighted by Crippen LogP contribution is 2.34. The molecule has 0 aliphatic heterocycles. The van der Waals surface area contributed by atoms with Crippen LogP contribution in [0.1, 0.15) is 50.7 Å². The van der Waals surface area contributed by atoms with Crippen molar-refractivity contribution in [3.8, 4) is 6.07 Å². The summed E-state index contributed by atoms with van der Waals surface area (Å²) < 4.78 is 49.8. The fourth-order valence-corrected chi connectivity index (χ4v) is 3.06. The minimum Gasteiger partial charge on any atom is -0.464 e. The molecular formula is C20H25F3N2O3. The monoisotopic (exact) mass is 398 g/mol. The Hall–Kier alpha value is -2.27. The second-order valence-corrected chi connectivity index (χ2v) is 7.38. The van der Waals surface area contributed by atoms with Crippen LogP contribution >= 0.6 is 0 Å². The van der Waals surface area contributed by atoms with E-state index >= 15 is 0 Å². The van der Waals surface area contributed by atoms with Gasteiger partial charge in [-0.2, -0.15) is 18.4 Å². The van der Waals surface area contributed by atoms with E-state index < -0.39 is 11.7 Å². The summed E-state index contributed by atoms with van der Waals surface area (Å²) in [5, 5.41) is 12.0. The van der Waals surface area contributed by atoms with Gasteiger partial charge in [0.2, 0.25) is 0 Å². The molecule has 1 aromatic rings. The molecule has 0 bridgehead atoms. The lowest BCUT2D eigenvalue weighted by molar-refractivity contribution is -0.152. The van der Waals surface area contributed by atoms with E-state index in [0.29, 0.717) is 38.0 Å². The Bertz CT molecular complexity index is 706. The SMILES string of the molecule is CC(C)COC(=O)COC1CCC(Nc2ccc(C#N)c(C(F)(F)F)c2)CC1. The van der Waals surface area contributed by atoms with Gasteiger partial charge in [0.1, 0.15) is 6.61 Å². The molecule has 1 fully saturated rings. The Morgan fingerprint density at radius 1 is 1.29 bits per heavy atom. The van der Waals surface area contributed by atoms with E-state index in [-0.39, 0.29) is 36.2 Å². The topological polar surface area (TPSA) is 71.3 Å². The summed E-state index contributed by atoms with van der Waals surface area (Å²) in [7, 11) is 0. The van der Waals surface area contributed by atoms with E-state index in [1.165, 1.54) is 12.1 Å². The molecule has 2 rings (SSSR count). The predicted molar refractivity (Wildman–Crippen MR) is 97.6 cm³/mol. The van der Waals surface area contributed by atoms with Crippen molar-refractivity contribution in [3.05, 3.63) is 29.3 Å². The van der Waals surface area contributed by atoms with Crippen LogP contribution in [0.3, 0.4) is 0 Å². The number of nitriles is 1. The van der Waals surface area contributed by atoms with Crippen molar-refractivity contribution in [2.45, 2.75) is 57.9 Å². The number of carbonyl (C=O) groups excluding carboxylic acids is 1. The summed E-state index contributed by atoms with van der Waals surface area (Å²) in [5.41, 5.74) is -0.982. The van der Waals surface area contributed by atoms with Crippen LogP contribution in [0.5, 0.6) is 0 Å². The average Bonchev–Trinajstić information content (AvgIpc) is 2.65. The number of nitrogens with one attached hydrogen (secondary N) is 1. The third-order valence-electron chi connectivity index (χ3n) is 4.50. The third-order valence-corrected chi connectivity index (χ3v) is 4.50. The molecule has 0 spiro atoms. The first-order chi connectivity index (χ1) is 13.2. The van der Waals surface area contributed by atoms with Crippen molar-refractivity contribution >= 4 is 11.7 Å². The first-order valence-electron chi connectivity index (χ1n) is 9.34. The Kier molecular flexibility index (Phi) is 7.69. The highest BCUT2D eigenvalue weighted by molar-refractivity contribution is 5.70. The lowest BCUT2D eigenvalue weighted by Gasteiger charge is -2.29. The van der Waals surface area contributed by atoms with Crippen molar-refractivity contribution in [1.82, 2.24) is 0 Å². The van der Waals surface area contributed by atoms with Crippen molar-refractivity contribution in [2.24, 2.45) is 5.92 Å². The van der Waals surface area contributed by atoms with Gasteiger partial charge in [-0.3, -0.25) is 0 Å².